The molecule has 1 heterocycles. The molecule has 1 N–H and O–H groups in total. The largest absolute Gasteiger partial charge is 0.472 e. The maximum Gasteiger partial charge on any atom is 0.325 e. The molecule has 0 saturated heterocycles. The fraction of sp³-hybridized carbons (Fsp3) is 0.417. The number of nitrogens with one attached hydrogen (secondary N) is 1. The van der Waals surface area contributed by atoms with Gasteiger partial charge in [-0.05, 0) is 6.07 Å². The van der Waals surface area contributed by atoms with Crippen LogP contribution >= 0.6 is 0 Å². The fourth-order valence-corrected chi connectivity index (χ4v) is 1.32. The van der Waals surface area contributed by atoms with Gasteiger partial charge in [-0.1, -0.05) is 0 Å². The first kappa shape index (κ1) is 14.7. The second-order valence-electron chi connectivity index (χ2n) is 3.84. The second-order valence-corrected chi connectivity index (χ2v) is 3.84. The van der Waals surface area contributed by atoms with Crippen molar-refractivity contribution in [1.82, 2.24) is 10.2 Å². The van der Waals surface area contributed by atoms with Crippen LogP contribution in [-0.2, 0) is 14.3 Å². The number of carbonyl (C=O) groups excluding carboxylic acids is 3. The molecule has 7 heteroatoms. The molecule has 0 saturated carbocycles. The smallest absolute Gasteiger partial charge is 0.325 e. The van der Waals surface area contributed by atoms with Crippen molar-refractivity contribution >= 4 is 17.8 Å². The summed E-state index contributed by atoms with van der Waals surface area (Å²) in [7, 11) is 2.75. The van der Waals surface area contributed by atoms with Gasteiger partial charge in [-0.2, -0.15) is 0 Å². The van der Waals surface area contributed by atoms with Crippen LogP contribution in [0.25, 0.3) is 0 Å². The van der Waals surface area contributed by atoms with Gasteiger partial charge in [0.05, 0.1) is 18.9 Å². The number of carbonyl (C=O) groups is 3. The molecule has 0 unspecified atom stereocenters. The predicted molar refractivity (Wildman–Crippen MR) is 65.3 cm³/mol. The van der Waals surface area contributed by atoms with Gasteiger partial charge in [-0.25, -0.2) is 0 Å². The number of likely N-dealkylation sites (N-methyl/N-ethyl adjacent to an activating group) is 1. The van der Waals surface area contributed by atoms with Gasteiger partial charge in [0.15, 0.2) is 0 Å². The molecule has 1 rings (SSSR count). The zero-order chi connectivity index (χ0) is 14.3. The van der Waals surface area contributed by atoms with Crippen LogP contribution in [0.3, 0.4) is 0 Å². The van der Waals surface area contributed by atoms with Gasteiger partial charge in [-0.3, -0.25) is 14.4 Å². The number of furan rings is 1. The van der Waals surface area contributed by atoms with Crippen molar-refractivity contribution in [2.75, 3.05) is 27.2 Å². The van der Waals surface area contributed by atoms with E-state index < -0.39 is 5.97 Å². The summed E-state index contributed by atoms with van der Waals surface area (Å²) in [5.41, 5.74) is 0.398. The van der Waals surface area contributed by atoms with Gasteiger partial charge in [0.1, 0.15) is 12.8 Å². The lowest BCUT2D eigenvalue weighted by Crippen LogP contribution is -2.35. The van der Waals surface area contributed by atoms with Crippen molar-refractivity contribution in [3.63, 3.8) is 0 Å². The van der Waals surface area contributed by atoms with Crippen LogP contribution in [0.4, 0.5) is 0 Å². The number of rotatable bonds is 6. The van der Waals surface area contributed by atoms with Crippen LogP contribution in [0, 0.1) is 0 Å². The van der Waals surface area contributed by atoms with Crippen molar-refractivity contribution in [3.8, 4) is 0 Å². The number of esters is 1. The van der Waals surface area contributed by atoms with E-state index in [2.05, 4.69) is 10.1 Å². The molecule has 0 radical (unpaired) electrons. The molecule has 0 fully saturated rings. The first-order valence-corrected chi connectivity index (χ1v) is 5.65. The molecule has 0 bridgehead atoms. The van der Waals surface area contributed by atoms with E-state index in [9.17, 15) is 14.4 Å². The standard InChI is InChI=1S/C12H16N2O5/c1-14(7-11(16)18-2)10(15)3-5-13-12(17)9-4-6-19-8-9/h4,6,8H,3,5,7H2,1-2H3,(H,13,17). The monoisotopic (exact) mass is 268 g/mol. The van der Waals surface area contributed by atoms with Gasteiger partial charge >= 0.3 is 5.97 Å². The summed E-state index contributed by atoms with van der Waals surface area (Å²) in [4.78, 5) is 35.3. The second kappa shape index (κ2) is 7.20. The highest BCUT2D eigenvalue weighted by atomic mass is 16.5. The Hall–Kier alpha value is -2.31. The van der Waals surface area contributed by atoms with Crippen LogP contribution in [0.2, 0.25) is 0 Å². The molecule has 0 aromatic carbocycles. The Bertz CT molecular complexity index is 441. The molecule has 0 aliphatic carbocycles. The number of methoxy groups -OCH3 is 1. The predicted octanol–water partition coefficient (Wildman–Crippen LogP) is 0.0309. The molecule has 104 valence electrons. The molecule has 7 nitrogen and oxygen atoms in total. The number of nitrogens with zero attached hydrogens (tertiary/aromatic N) is 1. The van der Waals surface area contributed by atoms with E-state index in [0.717, 1.165) is 0 Å². The van der Waals surface area contributed by atoms with Gasteiger partial charge < -0.3 is 19.4 Å². The van der Waals surface area contributed by atoms with Crippen molar-refractivity contribution in [2.45, 2.75) is 6.42 Å². The van der Waals surface area contributed by atoms with Gasteiger partial charge in [0.25, 0.3) is 5.91 Å². The third-order valence-corrected chi connectivity index (χ3v) is 2.43. The zero-order valence-electron chi connectivity index (χ0n) is 10.8. The summed E-state index contributed by atoms with van der Waals surface area (Å²) < 4.78 is 9.22. The van der Waals surface area contributed by atoms with Crippen molar-refractivity contribution < 1.29 is 23.5 Å². The molecule has 19 heavy (non-hydrogen) atoms. The van der Waals surface area contributed by atoms with Gasteiger partial charge in [-0.15, -0.1) is 0 Å². The van der Waals surface area contributed by atoms with E-state index >= 15 is 0 Å². The highest BCUT2D eigenvalue weighted by Gasteiger charge is 2.13. The van der Waals surface area contributed by atoms with E-state index in [-0.39, 0.29) is 31.3 Å². The van der Waals surface area contributed by atoms with Crippen LogP contribution in [0.5, 0.6) is 0 Å². The first-order valence-electron chi connectivity index (χ1n) is 5.65. The van der Waals surface area contributed by atoms with Crippen LogP contribution < -0.4 is 5.32 Å². The first-order chi connectivity index (χ1) is 9.04. The maximum absolute atomic E-state index is 11.6. The molecule has 2 amide bonds. The number of amides is 2. The summed E-state index contributed by atoms with van der Waals surface area (Å²) in [5.74, 6) is -1.05. The Morgan fingerprint density at radius 2 is 2.16 bits per heavy atom. The van der Waals surface area contributed by atoms with Gasteiger partial charge in [0.2, 0.25) is 5.91 Å². The molecule has 1 aromatic rings. The fourth-order valence-electron chi connectivity index (χ4n) is 1.32. The zero-order valence-corrected chi connectivity index (χ0v) is 10.8. The SMILES string of the molecule is COC(=O)CN(C)C(=O)CCNC(=O)c1ccoc1. The van der Waals surface area contributed by atoms with Crippen molar-refractivity contribution in [1.29, 1.82) is 0 Å². The molecule has 0 spiro atoms. The molecule has 1 aromatic heterocycles. The Morgan fingerprint density at radius 3 is 2.74 bits per heavy atom. The minimum absolute atomic E-state index is 0.106. The van der Waals surface area contributed by atoms with E-state index in [1.807, 2.05) is 0 Å². The van der Waals surface area contributed by atoms with E-state index in [1.165, 1.54) is 37.7 Å². The topological polar surface area (TPSA) is 88.9 Å². The molecule has 0 aliphatic rings. The van der Waals surface area contributed by atoms with Gasteiger partial charge in [0, 0.05) is 20.0 Å². The Morgan fingerprint density at radius 1 is 1.42 bits per heavy atom. The lowest BCUT2D eigenvalue weighted by molar-refractivity contribution is -0.146. The third kappa shape index (κ3) is 4.82. The lowest BCUT2D eigenvalue weighted by Gasteiger charge is -2.15. The third-order valence-electron chi connectivity index (χ3n) is 2.43. The minimum Gasteiger partial charge on any atom is -0.472 e. The van der Waals surface area contributed by atoms with Crippen LogP contribution in [-0.4, -0.2) is 49.9 Å². The Kier molecular flexibility index (Phi) is 5.59. The highest BCUT2D eigenvalue weighted by molar-refractivity contribution is 5.94. The van der Waals surface area contributed by atoms with E-state index in [0.29, 0.717) is 5.56 Å². The maximum atomic E-state index is 11.6. The minimum atomic E-state index is -0.488. The Labute approximate surface area is 110 Å². The highest BCUT2D eigenvalue weighted by Crippen LogP contribution is 1.99. The molecule has 0 atom stereocenters. The summed E-state index contributed by atoms with van der Waals surface area (Å²) in [5, 5.41) is 2.58. The van der Waals surface area contributed by atoms with Crippen LogP contribution in [0.1, 0.15) is 16.8 Å². The van der Waals surface area contributed by atoms with E-state index in [1.54, 1.807) is 0 Å². The number of hydrogen-bond donors (Lipinski definition) is 1. The summed E-state index contributed by atoms with van der Waals surface area (Å²) >= 11 is 0. The Balaban J connectivity index is 2.27. The quantitative estimate of drug-likeness (QED) is 0.735. The summed E-state index contributed by atoms with van der Waals surface area (Å²) in [6, 6.07) is 1.53. The summed E-state index contributed by atoms with van der Waals surface area (Å²) in [6.07, 6.45) is 2.82. The van der Waals surface area contributed by atoms with E-state index in [4.69, 9.17) is 4.42 Å². The number of hydrogen-bond acceptors (Lipinski definition) is 5. The molecular weight excluding hydrogens is 252 g/mol. The summed E-state index contributed by atoms with van der Waals surface area (Å²) in [6.45, 7) is 0.0827. The number of ether oxygens (including phenoxy) is 1. The molecule has 0 aliphatic heterocycles. The molecular formula is C12H16N2O5. The average Bonchev–Trinajstić information content (AvgIpc) is 2.92. The average molecular weight is 268 g/mol. The lowest BCUT2D eigenvalue weighted by atomic mass is 10.3. The normalized spacial score (nSPS) is 9.79. The van der Waals surface area contributed by atoms with Crippen LogP contribution in [0.15, 0.2) is 23.0 Å². The van der Waals surface area contributed by atoms with Crippen molar-refractivity contribution in [3.05, 3.63) is 24.2 Å². The van der Waals surface area contributed by atoms with Crippen molar-refractivity contribution in [2.24, 2.45) is 0 Å².